The van der Waals surface area contributed by atoms with Gasteiger partial charge in [0.05, 0.1) is 0 Å². The van der Waals surface area contributed by atoms with E-state index in [1.807, 2.05) is 36.2 Å². The number of nitrogens with one attached hydrogen (secondary N) is 1. The van der Waals surface area contributed by atoms with Crippen molar-refractivity contribution in [2.75, 3.05) is 31.6 Å². The molecule has 0 aliphatic carbocycles. The van der Waals surface area contributed by atoms with Crippen LogP contribution in [0.15, 0.2) is 24.4 Å². The molecule has 2 aliphatic heterocycles. The van der Waals surface area contributed by atoms with Crippen LogP contribution in [0.2, 0.25) is 0 Å². The number of aryl methyl sites for hydroxylation is 2. The summed E-state index contributed by atoms with van der Waals surface area (Å²) in [6.07, 6.45) is 2.91. The highest BCUT2D eigenvalue weighted by Gasteiger charge is 2.27. The highest BCUT2D eigenvalue weighted by molar-refractivity contribution is 5.90. The lowest BCUT2D eigenvalue weighted by Crippen LogP contribution is -2.33. The van der Waals surface area contributed by atoms with Crippen molar-refractivity contribution in [2.24, 2.45) is 5.92 Å². The molecule has 0 radical (unpaired) electrons. The van der Waals surface area contributed by atoms with Crippen LogP contribution in [0.3, 0.4) is 0 Å². The highest BCUT2D eigenvalue weighted by atomic mass is 16.6. The minimum Gasteiger partial charge on any atom is -0.486 e. The van der Waals surface area contributed by atoms with E-state index in [1.54, 1.807) is 0 Å². The summed E-state index contributed by atoms with van der Waals surface area (Å²) in [6.45, 7) is 7.62. The number of carbonyl (C=O) groups excluding carboxylic acids is 1. The topological polar surface area (TPSA) is 68.6 Å². The predicted molar refractivity (Wildman–Crippen MR) is 97.8 cm³/mol. The molecule has 0 saturated carbocycles. The Hall–Kier alpha value is -2.70. The standard InChI is InChI=1S/C19H24N4O3/c1-13-10-20-14(2)23(13)12-15-5-6-22(11-15)19(24)21-16-3-4-17-18(9-16)26-8-7-25-17/h3-4,9-10,15H,5-8,11-12H2,1-2H3,(H,21,24). The smallest absolute Gasteiger partial charge is 0.321 e. The predicted octanol–water partition coefficient (Wildman–Crippen LogP) is 2.83. The van der Waals surface area contributed by atoms with Crippen LogP contribution >= 0.6 is 0 Å². The monoisotopic (exact) mass is 356 g/mol. The third-order valence-electron chi connectivity index (χ3n) is 5.06. The maximum absolute atomic E-state index is 12.6. The first-order valence-corrected chi connectivity index (χ1v) is 9.04. The Morgan fingerprint density at radius 2 is 2.08 bits per heavy atom. The van der Waals surface area contributed by atoms with Gasteiger partial charge in [-0.25, -0.2) is 9.78 Å². The number of imidazole rings is 1. The number of rotatable bonds is 3. The Bertz CT molecular complexity index is 798. The first-order chi connectivity index (χ1) is 12.6. The van der Waals surface area contributed by atoms with Crippen molar-refractivity contribution in [1.82, 2.24) is 14.5 Å². The molecule has 1 fully saturated rings. The van der Waals surface area contributed by atoms with Crippen molar-refractivity contribution < 1.29 is 14.3 Å². The molecule has 7 heteroatoms. The fourth-order valence-electron chi connectivity index (χ4n) is 3.61. The molecule has 2 amide bonds. The highest BCUT2D eigenvalue weighted by Crippen LogP contribution is 2.32. The van der Waals surface area contributed by atoms with Gasteiger partial charge in [0.25, 0.3) is 0 Å². The van der Waals surface area contributed by atoms with Crippen LogP contribution in [0.4, 0.5) is 10.5 Å². The molecule has 4 rings (SSSR count). The normalized spacial score (nSPS) is 18.8. The molecule has 1 saturated heterocycles. The number of hydrogen-bond donors (Lipinski definition) is 1. The quantitative estimate of drug-likeness (QED) is 0.918. The van der Waals surface area contributed by atoms with Crippen LogP contribution in [0.1, 0.15) is 17.9 Å². The third-order valence-corrected chi connectivity index (χ3v) is 5.06. The van der Waals surface area contributed by atoms with E-state index in [-0.39, 0.29) is 6.03 Å². The average Bonchev–Trinajstić information content (AvgIpc) is 3.24. The number of urea groups is 1. The number of nitrogens with zero attached hydrogens (tertiary/aromatic N) is 3. The van der Waals surface area contributed by atoms with E-state index in [0.717, 1.165) is 43.3 Å². The molecule has 1 aromatic heterocycles. The molecule has 1 atom stereocenters. The lowest BCUT2D eigenvalue weighted by atomic mass is 10.1. The number of ether oxygens (including phenoxy) is 2. The molecule has 2 aliphatic rings. The zero-order valence-corrected chi connectivity index (χ0v) is 15.2. The molecule has 0 spiro atoms. The van der Waals surface area contributed by atoms with Gasteiger partial charge in [0.15, 0.2) is 11.5 Å². The van der Waals surface area contributed by atoms with Gasteiger partial charge in [0, 0.05) is 43.3 Å². The molecular weight excluding hydrogens is 332 g/mol. The van der Waals surface area contributed by atoms with Gasteiger partial charge >= 0.3 is 6.03 Å². The summed E-state index contributed by atoms with van der Waals surface area (Å²) >= 11 is 0. The van der Waals surface area contributed by atoms with Crippen LogP contribution in [0, 0.1) is 19.8 Å². The lowest BCUT2D eigenvalue weighted by Gasteiger charge is -2.21. The lowest BCUT2D eigenvalue weighted by molar-refractivity contribution is 0.171. The molecule has 1 unspecified atom stereocenters. The summed E-state index contributed by atoms with van der Waals surface area (Å²) in [5.74, 6) is 2.88. The second-order valence-corrected chi connectivity index (χ2v) is 6.95. The minimum atomic E-state index is -0.0664. The number of fused-ring (bicyclic) bond motifs is 1. The van der Waals surface area contributed by atoms with Gasteiger partial charge in [0.2, 0.25) is 0 Å². The zero-order chi connectivity index (χ0) is 18.1. The number of aromatic nitrogens is 2. The fraction of sp³-hybridized carbons (Fsp3) is 0.474. The summed E-state index contributed by atoms with van der Waals surface area (Å²) in [5.41, 5.74) is 1.89. The van der Waals surface area contributed by atoms with Gasteiger partial charge in [-0.05, 0) is 38.3 Å². The van der Waals surface area contributed by atoms with E-state index in [4.69, 9.17) is 9.47 Å². The number of benzene rings is 1. The largest absolute Gasteiger partial charge is 0.486 e. The van der Waals surface area contributed by atoms with Crippen LogP contribution in [0.25, 0.3) is 0 Å². The SMILES string of the molecule is Cc1cnc(C)n1CC1CCN(C(=O)Nc2ccc3c(c2)OCCO3)C1. The van der Waals surface area contributed by atoms with Gasteiger partial charge in [-0.15, -0.1) is 0 Å². The van der Waals surface area contributed by atoms with Gasteiger partial charge in [0.1, 0.15) is 19.0 Å². The van der Waals surface area contributed by atoms with Gasteiger partial charge in [-0.1, -0.05) is 0 Å². The van der Waals surface area contributed by atoms with E-state index in [1.165, 1.54) is 5.69 Å². The summed E-state index contributed by atoms with van der Waals surface area (Å²) in [4.78, 5) is 18.8. The van der Waals surface area contributed by atoms with E-state index < -0.39 is 0 Å². The van der Waals surface area contributed by atoms with Crippen molar-refractivity contribution in [3.8, 4) is 11.5 Å². The second kappa shape index (κ2) is 6.90. The number of amides is 2. The molecule has 1 aromatic carbocycles. The van der Waals surface area contributed by atoms with Crippen molar-refractivity contribution in [2.45, 2.75) is 26.8 Å². The zero-order valence-electron chi connectivity index (χ0n) is 15.2. The molecule has 7 nitrogen and oxygen atoms in total. The Kier molecular flexibility index (Phi) is 4.44. The van der Waals surface area contributed by atoms with Crippen molar-refractivity contribution in [3.63, 3.8) is 0 Å². The van der Waals surface area contributed by atoms with Crippen molar-refractivity contribution in [3.05, 3.63) is 35.9 Å². The first kappa shape index (κ1) is 16.8. The maximum atomic E-state index is 12.6. The molecule has 0 bridgehead atoms. The second-order valence-electron chi connectivity index (χ2n) is 6.95. The maximum Gasteiger partial charge on any atom is 0.321 e. The molecule has 138 valence electrons. The van der Waals surface area contributed by atoms with Crippen LogP contribution in [-0.2, 0) is 6.54 Å². The van der Waals surface area contributed by atoms with Crippen molar-refractivity contribution in [1.29, 1.82) is 0 Å². The molecule has 2 aromatic rings. The molecule has 26 heavy (non-hydrogen) atoms. The number of likely N-dealkylation sites (tertiary alicyclic amines) is 1. The molecular formula is C19H24N4O3. The van der Waals surface area contributed by atoms with Gasteiger partial charge in [-0.2, -0.15) is 0 Å². The number of carbonyl (C=O) groups is 1. The van der Waals surface area contributed by atoms with E-state index in [2.05, 4.69) is 21.8 Å². The van der Waals surface area contributed by atoms with Crippen LogP contribution < -0.4 is 14.8 Å². The average molecular weight is 356 g/mol. The Labute approximate surface area is 152 Å². The summed E-state index contributed by atoms with van der Waals surface area (Å²) in [7, 11) is 0. The minimum absolute atomic E-state index is 0.0664. The summed E-state index contributed by atoms with van der Waals surface area (Å²) in [6, 6.07) is 5.43. The van der Waals surface area contributed by atoms with E-state index >= 15 is 0 Å². The van der Waals surface area contributed by atoms with Crippen molar-refractivity contribution >= 4 is 11.7 Å². The Balaban J connectivity index is 1.36. The number of anilines is 1. The summed E-state index contributed by atoms with van der Waals surface area (Å²) in [5, 5.41) is 2.97. The molecule has 3 heterocycles. The molecule has 1 N–H and O–H groups in total. The van der Waals surface area contributed by atoms with Crippen LogP contribution in [0.5, 0.6) is 11.5 Å². The first-order valence-electron chi connectivity index (χ1n) is 9.04. The van der Waals surface area contributed by atoms with E-state index in [0.29, 0.717) is 24.9 Å². The van der Waals surface area contributed by atoms with Crippen LogP contribution in [-0.4, -0.2) is 46.8 Å². The van der Waals surface area contributed by atoms with Gasteiger partial charge < -0.3 is 24.3 Å². The summed E-state index contributed by atoms with van der Waals surface area (Å²) < 4.78 is 13.3. The van der Waals surface area contributed by atoms with Gasteiger partial charge in [-0.3, -0.25) is 0 Å². The van der Waals surface area contributed by atoms with E-state index in [9.17, 15) is 4.79 Å². The Morgan fingerprint density at radius 1 is 1.27 bits per heavy atom. The fourth-order valence-corrected chi connectivity index (χ4v) is 3.61. The third kappa shape index (κ3) is 3.34. The Morgan fingerprint density at radius 3 is 2.85 bits per heavy atom. The number of hydrogen-bond acceptors (Lipinski definition) is 4.